The van der Waals surface area contributed by atoms with Gasteiger partial charge < -0.3 is 4.90 Å². The molecule has 2 aliphatic rings. The van der Waals surface area contributed by atoms with Crippen LogP contribution in [0.1, 0.15) is 69.0 Å². The molecule has 0 radical (unpaired) electrons. The van der Waals surface area contributed by atoms with Crippen molar-refractivity contribution in [1.82, 2.24) is 4.98 Å². The monoisotopic (exact) mass is 498 g/mol. The number of carbonyl (C=O) groups excluding carboxylic acids is 1. The summed E-state index contributed by atoms with van der Waals surface area (Å²) in [5.41, 5.74) is 4.94. The van der Waals surface area contributed by atoms with Crippen LogP contribution >= 0.6 is 11.6 Å². The van der Waals surface area contributed by atoms with E-state index in [1.165, 1.54) is 23.3 Å². The number of ketones is 1. The molecule has 182 valence electrons. The van der Waals surface area contributed by atoms with Crippen LogP contribution in [0.2, 0.25) is 5.02 Å². The highest BCUT2D eigenvalue weighted by Crippen LogP contribution is 2.39. The Bertz CT molecular complexity index is 1290. The average molecular weight is 499 g/mol. The Morgan fingerprint density at radius 1 is 1.17 bits per heavy atom. The summed E-state index contributed by atoms with van der Waals surface area (Å²) < 4.78 is 41.0. The molecule has 2 heterocycles. The highest BCUT2D eigenvalue weighted by molar-refractivity contribution is 6.30. The van der Waals surface area contributed by atoms with Gasteiger partial charge in [0.05, 0.1) is 16.9 Å². The fourth-order valence-corrected chi connectivity index (χ4v) is 5.80. The molecule has 0 spiro atoms. The molecule has 1 aliphatic heterocycles. The lowest BCUT2D eigenvalue weighted by atomic mass is 9.90. The van der Waals surface area contributed by atoms with E-state index in [-0.39, 0.29) is 28.8 Å². The topological polar surface area (TPSA) is 33.2 Å². The lowest BCUT2D eigenvalue weighted by Gasteiger charge is -2.33. The first-order valence-electron chi connectivity index (χ1n) is 11.9. The number of aromatic nitrogens is 1. The molecule has 1 aromatic heterocycles. The Morgan fingerprint density at radius 3 is 2.77 bits per heavy atom. The highest BCUT2D eigenvalue weighted by atomic mass is 35.5. The van der Waals surface area contributed by atoms with Crippen LogP contribution in [-0.4, -0.2) is 17.3 Å². The zero-order chi connectivity index (χ0) is 24.7. The molecule has 0 bridgehead atoms. The zero-order valence-corrected chi connectivity index (χ0v) is 20.2. The molecule has 1 atom stereocenters. The van der Waals surface area contributed by atoms with E-state index in [1.54, 1.807) is 6.20 Å². The molecule has 0 fully saturated rings. The third-order valence-corrected chi connectivity index (χ3v) is 7.50. The van der Waals surface area contributed by atoms with E-state index in [2.05, 4.69) is 17.1 Å². The predicted molar refractivity (Wildman–Crippen MR) is 131 cm³/mol. The van der Waals surface area contributed by atoms with E-state index in [0.29, 0.717) is 18.5 Å². The maximum absolute atomic E-state index is 13.7. The van der Waals surface area contributed by atoms with Gasteiger partial charge >= 0.3 is 6.18 Å². The van der Waals surface area contributed by atoms with Crippen LogP contribution in [0, 0.1) is 6.92 Å². The third-order valence-electron chi connectivity index (χ3n) is 7.26. The van der Waals surface area contributed by atoms with Crippen molar-refractivity contribution >= 4 is 23.1 Å². The van der Waals surface area contributed by atoms with Gasteiger partial charge in [0.15, 0.2) is 5.78 Å². The smallest absolute Gasteiger partial charge is 0.365 e. The number of hydrogen-bond donors (Lipinski definition) is 0. The Morgan fingerprint density at radius 2 is 1.97 bits per heavy atom. The molecule has 5 rings (SSSR count). The maximum Gasteiger partial charge on any atom is 0.416 e. The van der Waals surface area contributed by atoms with Gasteiger partial charge in [-0.3, -0.25) is 9.78 Å². The molecule has 0 saturated carbocycles. The summed E-state index contributed by atoms with van der Waals surface area (Å²) in [5.74, 6) is 0.217. The van der Waals surface area contributed by atoms with Crippen LogP contribution in [0.5, 0.6) is 0 Å². The van der Waals surface area contributed by atoms with Gasteiger partial charge in [-0.05, 0) is 79.0 Å². The van der Waals surface area contributed by atoms with Crippen molar-refractivity contribution in [3.63, 3.8) is 0 Å². The van der Waals surface area contributed by atoms with Crippen LogP contribution < -0.4 is 4.90 Å². The summed E-state index contributed by atoms with van der Waals surface area (Å²) in [6.45, 7) is 2.53. The van der Waals surface area contributed by atoms with Gasteiger partial charge in [-0.1, -0.05) is 35.9 Å². The fraction of sp³-hybridized carbons (Fsp3) is 0.357. The molecular formula is C28H26ClF3N2O. The minimum atomic E-state index is -4.47. The average Bonchev–Trinajstić information content (AvgIpc) is 3.21. The van der Waals surface area contributed by atoms with Crippen molar-refractivity contribution in [3.8, 4) is 0 Å². The highest BCUT2D eigenvalue weighted by Gasteiger charge is 2.35. The van der Waals surface area contributed by atoms with Gasteiger partial charge in [-0.2, -0.15) is 13.2 Å². The normalized spacial score (nSPS) is 17.3. The number of nitrogens with zero attached hydrogens (tertiary/aromatic N) is 2. The number of pyridine rings is 1. The molecule has 0 saturated heterocycles. The van der Waals surface area contributed by atoms with E-state index in [4.69, 9.17) is 11.6 Å². The van der Waals surface area contributed by atoms with Crippen molar-refractivity contribution in [1.29, 1.82) is 0 Å². The largest absolute Gasteiger partial charge is 0.416 e. The van der Waals surface area contributed by atoms with E-state index in [0.717, 1.165) is 48.7 Å². The number of anilines is 1. The van der Waals surface area contributed by atoms with Gasteiger partial charge in [0.25, 0.3) is 0 Å². The van der Waals surface area contributed by atoms with Crippen molar-refractivity contribution in [3.05, 3.63) is 92.8 Å². The fourth-order valence-electron chi connectivity index (χ4n) is 5.60. The first kappa shape index (κ1) is 23.9. The quantitative estimate of drug-likeness (QED) is 0.345. The van der Waals surface area contributed by atoms with E-state index in [1.807, 2.05) is 24.0 Å². The van der Waals surface area contributed by atoms with E-state index < -0.39 is 11.7 Å². The summed E-state index contributed by atoms with van der Waals surface area (Å²) >= 11 is 6.06. The summed E-state index contributed by atoms with van der Waals surface area (Å²) in [7, 11) is 0. The van der Waals surface area contributed by atoms with E-state index in [9.17, 15) is 18.0 Å². The Labute approximate surface area is 207 Å². The number of Topliss-reactive ketones (excluding diaryl/α,β-unsaturated/α-hetero) is 1. The lowest BCUT2D eigenvalue weighted by Crippen LogP contribution is -2.32. The first-order chi connectivity index (χ1) is 16.7. The molecule has 35 heavy (non-hydrogen) atoms. The van der Waals surface area contributed by atoms with Gasteiger partial charge in [-0.25, -0.2) is 0 Å². The van der Waals surface area contributed by atoms with Gasteiger partial charge in [0, 0.05) is 36.3 Å². The SMILES string of the molecule is Cc1c(C(=O)CC2CCc3ccccc32)cnc2c1N(Cc1cc(Cl)ccc1C(F)(F)F)CCC2. The molecule has 0 amide bonds. The summed E-state index contributed by atoms with van der Waals surface area (Å²) in [6, 6.07) is 11.9. The predicted octanol–water partition coefficient (Wildman–Crippen LogP) is 7.32. The maximum atomic E-state index is 13.7. The molecule has 0 N–H and O–H groups in total. The second-order valence-electron chi connectivity index (χ2n) is 9.48. The number of fused-ring (bicyclic) bond motifs is 2. The number of benzene rings is 2. The van der Waals surface area contributed by atoms with Gasteiger partial charge in [0.1, 0.15) is 0 Å². The van der Waals surface area contributed by atoms with Crippen molar-refractivity contribution in [2.45, 2.75) is 57.7 Å². The second-order valence-corrected chi connectivity index (χ2v) is 9.91. The number of aryl methyl sites for hydroxylation is 2. The van der Waals surface area contributed by atoms with Crippen molar-refractivity contribution in [2.24, 2.45) is 0 Å². The molecule has 7 heteroatoms. The van der Waals surface area contributed by atoms with E-state index >= 15 is 0 Å². The lowest BCUT2D eigenvalue weighted by molar-refractivity contribution is -0.138. The number of rotatable bonds is 5. The Balaban J connectivity index is 1.45. The van der Waals surface area contributed by atoms with Crippen LogP contribution in [0.25, 0.3) is 0 Å². The molecule has 2 aromatic carbocycles. The van der Waals surface area contributed by atoms with Crippen molar-refractivity contribution in [2.75, 3.05) is 11.4 Å². The zero-order valence-electron chi connectivity index (χ0n) is 19.5. The second kappa shape index (κ2) is 9.30. The van der Waals surface area contributed by atoms with Gasteiger partial charge in [0.2, 0.25) is 0 Å². The first-order valence-corrected chi connectivity index (χ1v) is 12.3. The molecule has 1 aliphatic carbocycles. The third kappa shape index (κ3) is 4.68. The number of hydrogen-bond acceptors (Lipinski definition) is 3. The van der Waals surface area contributed by atoms with Crippen LogP contribution in [-0.2, 0) is 25.6 Å². The minimum absolute atomic E-state index is 0.0313. The summed E-state index contributed by atoms with van der Waals surface area (Å²) in [4.78, 5) is 19.9. The Kier molecular flexibility index (Phi) is 6.34. The Hall–Kier alpha value is -2.86. The molecule has 1 unspecified atom stereocenters. The number of halogens is 4. The number of alkyl halides is 3. The standard InChI is InChI=1S/C28H26ClF3N2O/c1-17-23(26(35)14-19-9-8-18-5-2-3-6-22(18)19)15-33-25-7-4-12-34(27(17)25)16-20-13-21(29)10-11-24(20)28(30,31)32/h2-3,5-6,10-11,13,15,19H,4,7-9,12,14,16H2,1H3. The molecular weight excluding hydrogens is 473 g/mol. The summed E-state index contributed by atoms with van der Waals surface area (Å²) in [5, 5.41) is 0.265. The van der Waals surface area contributed by atoms with Crippen molar-refractivity contribution < 1.29 is 18.0 Å². The summed E-state index contributed by atoms with van der Waals surface area (Å²) in [6.07, 6.45) is 1.04. The number of carbonyl (C=O) groups is 1. The van der Waals surface area contributed by atoms with Crippen LogP contribution in [0.4, 0.5) is 18.9 Å². The van der Waals surface area contributed by atoms with Crippen LogP contribution in [0.15, 0.2) is 48.7 Å². The van der Waals surface area contributed by atoms with Crippen LogP contribution in [0.3, 0.4) is 0 Å². The molecule has 3 nitrogen and oxygen atoms in total. The molecule has 3 aromatic rings. The van der Waals surface area contributed by atoms with Gasteiger partial charge in [-0.15, -0.1) is 0 Å². The minimum Gasteiger partial charge on any atom is -0.365 e.